The van der Waals surface area contributed by atoms with Crippen molar-refractivity contribution in [2.24, 2.45) is 5.73 Å². The lowest BCUT2D eigenvalue weighted by molar-refractivity contribution is -0.130. The summed E-state index contributed by atoms with van der Waals surface area (Å²) in [6, 6.07) is 5.17. The van der Waals surface area contributed by atoms with Crippen LogP contribution in [0.25, 0.3) is 0 Å². The Morgan fingerprint density at radius 2 is 2.21 bits per heavy atom. The highest BCUT2D eigenvalue weighted by Crippen LogP contribution is 2.28. The van der Waals surface area contributed by atoms with Crippen molar-refractivity contribution < 1.29 is 9.53 Å². The Labute approximate surface area is 122 Å². The summed E-state index contributed by atoms with van der Waals surface area (Å²) in [5.74, 6) is 0.760. The van der Waals surface area contributed by atoms with Crippen molar-refractivity contribution in [1.29, 1.82) is 0 Å². The van der Waals surface area contributed by atoms with Crippen molar-refractivity contribution in [3.05, 3.63) is 28.2 Å². The predicted molar refractivity (Wildman–Crippen MR) is 75.7 cm³/mol. The number of rotatable bonds is 4. The monoisotopic (exact) mass is 302 g/mol. The number of halogens is 2. The zero-order valence-corrected chi connectivity index (χ0v) is 12.0. The normalized spacial score (nSPS) is 18.7. The maximum Gasteiger partial charge on any atom is 0.223 e. The SMILES string of the molecule is NCCC(=O)N1CC[C@H](Oc2ccc(Cl)c(Cl)c2)C1. The van der Waals surface area contributed by atoms with E-state index in [4.69, 9.17) is 33.7 Å². The Kier molecular flexibility index (Phi) is 4.91. The number of benzene rings is 1. The molecule has 2 rings (SSSR count). The molecule has 0 saturated carbocycles. The highest BCUT2D eigenvalue weighted by molar-refractivity contribution is 6.42. The summed E-state index contributed by atoms with van der Waals surface area (Å²) in [4.78, 5) is 13.5. The largest absolute Gasteiger partial charge is 0.488 e. The summed E-state index contributed by atoms with van der Waals surface area (Å²) >= 11 is 11.8. The van der Waals surface area contributed by atoms with Crippen LogP contribution >= 0.6 is 23.2 Å². The van der Waals surface area contributed by atoms with E-state index in [-0.39, 0.29) is 12.0 Å². The fraction of sp³-hybridized carbons (Fsp3) is 0.462. The number of amides is 1. The van der Waals surface area contributed by atoms with Crippen LogP contribution in [0.3, 0.4) is 0 Å². The van der Waals surface area contributed by atoms with Crippen LogP contribution in [0.15, 0.2) is 18.2 Å². The minimum atomic E-state index is -0.000957. The minimum Gasteiger partial charge on any atom is -0.488 e. The molecule has 19 heavy (non-hydrogen) atoms. The quantitative estimate of drug-likeness (QED) is 0.928. The average Bonchev–Trinajstić information content (AvgIpc) is 2.83. The molecule has 0 aliphatic carbocycles. The first-order valence-electron chi connectivity index (χ1n) is 6.19. The Balaban J connectivity index is 1.91. The first-order chi connectivity index (χ1) is 9.10. The van der Waals surface area contributed by atoms with Crippen LogP contribution < -0.4 is 10.5 Å². The molecule has 1 atom stereocenters. The maximum absolute atomic E-state index is 11.7. The molecule has 2 N–H and O–H groups in total. The molecular formula is C13H16Cl2N2O2. The third kappa shape index (κ3) is 3.75. The second kappa shape index (κ2) is 6.46. The number of ether oxygens (including phenoxy) is 1. The Morgan fingerprint density at radius 1 is 1.42 bits per heavy atom. The predicted octanol–water partition coefficient (Wildman–Crippen LogP) is 2.32. The van der Waals surface area contributed by atoms with Gasteiger partial charge in [0.1, 0.15) is 11.9 Å². The molecule has 1 saturated heterocycles. The summed E-state index contributed by atoms with van der Waals surface area (Å²) < 4.78 is 5.80. The Hall–Kier alpha value is -0.970. The third-order valence-corrected chi connectivity index (χ3v) is 3.79. The van der Waals surface area contributed by atoms with Crippen LogP contribution in [0.2, 0.25) is 10.0 Å². The van der Waals surface area contributed by atoms with Crippen LogP contribution in [0.5, 0.6) is 5.75 Å². The molecular weight excluding hydrogens is 287 g/mol. The van der Waals surface area contributed by atoms with Gasteiger partial charge in [-0.25, -0.2) is 0 Å². The van der Waals surface area contributed by atoms with E-state index in [1.54, 1.807) is 23.1 Å². The summed E-state index contributed by atoms with van der Waals surface area (Å²) in [5, 5.41) is 0.966. The zero-order valence-electron chi connectivity index (χ0n) is 10.4. The van der Waals surface area contributed by atoms with Gasteiger partial charge in [0.25, 0.3) is 0 Å². The molecule has 0 radical (unpaired) electrons. The van der Waals surface area contributed by atoms with Gasteiger partial charge in [0.05, 0.1) is 16.6 Å². The van der Waals surface area contributed by atoms with Gasteiger partial charge in [-0.3, -0.25) is 4.79 Å². The van der Waals surface area contributed by atoms with Crippen LogP contribution in [-0.4, -0.2) is 36.5 Å². The Morgan fingerprint density at radius 3 is 2.89 bits per heavy atom. The van der Waals surface area contributed by atoms with E-state index < -0.39 is 0 Å². The summed E-state index contributed by atoms with van der Waals surface area (Å²) in [6.45, 7) is 1.69. The summed E-state index contributed by atoms with van der Waals surface area (Å²) in [5.41, 5.74) is 5.38. The molecule has 0 bridgehead atoms. The second-order valence-electron chi connectivity index (χ2n) is 4.48. The molecule has 1 heterocycles. The molecule has 1 aromatic carbocycles. The van der Waals surface area contributed by atoms with Crippen molar-refractivity contribution in [1.82, 2.24) is 4.90 Å². The van der Waals surface area contributed by atoms with E-state index in [0.29, 0.717) is 41.8 Å². The van der Waals surface area contributed by atoms with Crippen molar-refractivity contribution in [3.63, 3.8) is 0 Å². The molecule has 1 fully saturated rings. The topological polar surface area (TPSA) is 55.6 Å². The van der Waals surface area contributed by atoms with Gasteiger partial charge in [0, 0.05) is 32.0 Å². The molecule has 0 spiro atoms. The number of carbonyl (C=O) groups excluding carboxylic acids is 1. The van der Waals surface area contributed by atoms with Gasteiger partial charge in [0.15, 0.2) is 0 Å². The van der Waals surface area contributed by atoms with Crippen LogP contribution in [0, 0.1) is 0 Å². The van der Waals surface area contributed by atoms with Crippen LogP contribution in [-0.2, 0) is 4.79 Å². The minimum absolute atomic E-state index is 0.000957. The number of hydrogen-bond donors (Lipinski definition) is 1. The first kappa shape index (κ1) is 14.4. The van der Waals surface area contributed by atoms with Crippen molar-refractivity contribution >= 4 is 29.1 Å². The van der Waals surface area contributed by atoms with Gasteiger partial charge in [-0.2, -0.15) is 0 Å². The highest BCUT2D eigenvalue weighted by Gasteiger charge is 2.27. The van der Waals surface area contributed by atoms with Crippen molar-refractivity contribution in [2.45, 2.75) is 18.9 Å². The molecule has 4 nitrogen and oxygen atoms in total. The second-order valence-corrected chi connectivity index (χ2v) is 5.30. The van der Waals surface area contributed by atoms with E-state index in [1.807, 2.05) is 0 Å². The standard InChI is InChI=1S/C13H16Cl2N2O2/c14-11-2-1-9(7-12(11)15)19-10-4-6-17(8-10)13(18)3-5-16/h1-2,7,10H,3-6,8,16H2/t10-/m0/s1. The fourth-order valence-corrected chi connectivity index (χ4v) is 2.36. The zero-order chi connectivity index (χ0) is 13.8. The van der Waals surface area contributed by atoms with E-state index in [2.05, 4.69) is 0 Å². The lowest BCUT2D eigenvalue weighted by Crippen LogP contribution is -2.32. The van der Waals surface area contributed by atoms with E-state index in [0.717, 1.165) is 6.42 Å². The first-order valence-corrected chi connectivity index (χ1v) is 6.95. The van der Waals surface area contributed by atoms with Gasteiger partial charge in [-0.05, 0) is 12.1 Å². The lowest BCUT2D eigenvalue weighted by atomic mass is 10.3. The number of nitrogens with two attached hydrogens (primary N) is 1. The number of hydrogen-bond acceptors (Lipinski definition) is 3. The molecule has 1 aliphatic heterocycles. The van der Waals surface area contributed by atoms with E-state index in [9.17, 15) is 4.79 Å². The number of likely N-dealkylation sites (tertiary alicyclic amines) is 1. The van der Waals surface area contributed by atoms with Gasteiger partial charge in [0.2, 0.25) is 5.91 Å². The van der Waals surface area contributed by atoms with E-state index in [1.165, 1.54) is 0 Å². The fourth-order valence-electron chi connectivity index (χ4n) is 2.08. The highest BCUT2D eigenvalue weighted by atomic mass is 35.5. The molecule has 0 unspecified atom stereocenters. The Bertz CT molecular complexity index is 468. The van der Waals surface area contributed by atoms with Crippen molar-refractivity contribution in [2.75, 3.05) is 19.6 Å². The van der Waals surface area contributed by atoms with Crippen LogP contribution in [0.1, 0.15) is 12.8 Å². The van der Waals surface area contributed by atoms with Gasteiger partial charge < -0.3 is 15.4 Å². The third-order valence-electron chi connectivity index (χ3n) is 3.05. The molecule has 6 heteroatoms. The van der Waals surface area contributed by atoms with Gasteiger partial charge >= 0.3 is 0 Å². The van der Waals surface area contributed by atoms with E-state index >= 15 is 0 Å². The summed E-state index contributed by atoms with van der Waals surface area (Å²) in [6.07, 6.45) is 1.20. The molecule has 1 aliphatic rings. The smallest absolute Gasteiger partial charge is 0.223 e. The maximum atomic E-state index is 11.7. The molecule has 104 valence electrons. The molecule has 1 amide bonds. The molecule has 0 aromatic heterocycles. The summed E-state index contributed by atoms with van der Waals surface area (Å²) in [7, 11) is 0. The molecule has 1 aromatic rings. The number of carbonyl (C=O) groups is 1. The van der Waals surface area contributed by atoms with Crippen LogP contribution in [0.4, 0.5) is 0 Å². The van der Waals surface area contributed by atoms with Gasteiger partial charge in [-0.15, -0.1) is 0 Å². The number of nitrogens with zero attached hydrogens (tertiary/aromatic N) is 1. The lowest BCUT2D eigenvalue weighted by Gasteiger charge is -2.17. The average molecular weight is 303 g/mol. The van der Waals surface area contributed by atoms with Crippen molar-refractivity contribution in [3.8, 4) is 5.75 Å². The van der Waals surface area contributed by atoms with Gasteiger partial charge in [-0.1, -0.05) is 23.2 Å².